The van der Waals surface area contributed by atoms with Crippen LogP contribution in [0.2, 0.25) is 0 Å². The Morgan fingerprint density at radius 2 is 1.82 bits per heavy atom. The molecule has 2 N–H and O–H groups in total. The van der Waals surface area contributed by atoms with Gasteiger partial charge >= 0.3 is 0 Å². The van der Waals surface area contributed by atoms with Crippen molar-refractivity contribution in [2.45, 2.75) is 80.3 Å². The largest absolute Gasteiger partial charge is 0.315 e. The quantitative estimate of drug-likeness (QED) is 0.579. The topological polar surface area (TPSA) is 92.1 Å². The molecular formula is C28H40F2N6O2S. The molecule has 0 radical (unpaired) electrons. The SMILES string of the molecule is Cc1nnn(C)c1C1CNC2C3CNCC(S(C)(=O)=O)C3N(C(c3ccccc3)C3CCC(F)(F)CC3)C2C1. The Hall–Kier alpha value is -1.95. The van der Waals surface area contributed by atoms with Crippen molar-refractivity contribution in [2.75, 3.05) is 25.9 Å². The van der Waals surface area contributed by atoms with Crippen LogP contribution in [0.15, 0.2) is 30.3 Å². The van der Waals surface area contributed by atoms with Crippen LogP contribution >= 0.6 is 0 Å². The van der Waals surface area contributed by atoms with Gasteiger partial charge < -0.3 is 10.6 Å². The first-order valence-electron chi connectivity index (χ1n) is 14.2. The lowest BCUT2D eigenvalue weighted by atomic mass is 9.77. The molecule has 4 heterocycles. The minimum Gasteiger partial charge on any atom is -0.315 e. The van der Waals surface area contributed by atoms with E-state index in [0.717, 1.165) is 36.5 Å². The van der Waals surface area contributed by atoms with Gasteiger partial charge in [-0.1, -0.05) is 35.5 Å². The van der Waals surface area contributed by atoms with Gasteiger partial charge in [0.1, 0.15) is 0 Å². The molecule has 1 aromatic carbocycles. The Kier molecular flexibility index (Phi) is 7.09. The molecule has 4 aliphatic rings. The van der Waals surface area contributed by atoms with Crippen molar-refractivity contribution < 1.29 is 17.2 Å². The molecule has 0 bridgehead atoms. The predicted octanol–water partition coefficient (Wildman–Crippen LogP) is 2.82. The molecule has 1 aromatic heterocycles. The molecule has 11 heteroatoms. The smallest absolute Gasteiger partial charge is 0.248 e. The van der Waals surface area contributed by atoms with E-state index >= 15 is 0 Å². The highest BCUT2D eigenvalue weighted by Gasteiger charge is 2.59. The summed E-state index contributed by atoms with van der Waals surface area (Å²) < 4.78 is 57.0. The third-order valence-electron chi connectivity index (χ3n) is 9.93. The third-order valence-corrected chi connectivity index (χ3v) is 11.5. The van der Waals surface area contributed by atoms with Crippen LogP contribution in [0.1, 0.15) is 61.0 Å². The summed E-state index contributed by atoms with van der Waals surface area (Å²) in [4.78, 5) is 2.49. The molecule has 1 aliphatic carbocycles. The van der Waals surface area contributed by atoms with E-state index in [1.54, 1.807) is 0 Å². The first kappa shape index (κ1) is 27.2. The number of hydrogen-bond donors (Lipinski definition) is 2. The van der Waals surface area contributed by atoms with Gasteiger partial charge in [0.15, 0.2) is 9.84 Å². The number of rotatable bonds is 5. The molecule has 4 fully saturated rings. The zero-order valence-electron chi connectivity index (χ0n) is 22.9. The minimum absolute atomic E-state index is 0.0296. The van der Waals surface area contributed by atoms with Crippen LogP contribution in [0, 0.1) is 18.8 Å². The Labute approximate surface area is 229 Å². The van der Waals surface area contributed by atoms with Crippen molar-refractivity contribution in [3.63, 3.8) is 0 Å². The second-order valence-electron chi connectivity index (χ2n) is 12.3. The van der Waals surface area contributed by atoms with Crippen LogP contribution in [0.4, 0.5) is 8.78 Å². The number of likely N-dealkylation sites (tertiary alicyclic amines) is 1. The molecule has 2 aromatic rings. The van der Waals surface area contributed by atoms with Crippen LogP contribution < -0.4 is 10.6 Å². The average molecular weight is 563 g/mol. The third kappa shape index (κ3) is 4.93. The first-order valence-corrected chi connectivity index (χ1v) is 16.2. The van der Waals surface area contributed by atoms with E-state index in [2.05, 4.69) is 38.0 Å². The Balaban J connectivity index is 1.46. The van der Waals surface area contributed by atoms with Gasteiger partial charge in [0.2, 0.25) is 5.92 Å². The average Bonchev–Trinajstić information content (AvgIpc) is 3.41. The number of benzene rings is 1. The fraction of sp³-hybridized carbons (Fsp3) is 0.714. The van der Waals surface area contributed by atoms with E-state index in [9.17, 15) is 17.2 Å². The Bertz CT molecular complexity index is 1260. The van der Waals surface area contributed by atoms with Gasteiger partial charge in [0, 0.05) is 81.8 Å². The summed E-state index contributed by atoms with van der Waals surface area (Å²) in [6.07, 6.45) is 2.82. The lowest BCUT2D eigenvalue weighted by Gasteiger charge is -2.48. The molecule has 0 spiro atoms. The highest BCUT2D eigenvalue weighted by atomic mass is 32.2. The molecule has 39 heavy (non-hydrogen) atoms. The molecule has 3 aliphatic heterocycles. The molecule has 214 valence electrons. The summed E-state index contributed by atoms with van der Waals surface area (Å²) in [5.41, 5.74) is 3.11. The number of halogens is 2. The molecule has 6 rings (SSSR count). The molecular weight excluding hydrogens is 522 g/mol. The molecule has 1 saturated carbocycles. The number of piperidine rings is 2. The lowest BCUT2D eigenvalue weighted by molar-refractivity contribution is -0.0626. The summed E-state index contributed by atoms with van der Waals surface area (Å²) >= 11 is 0. The molecule has 0 amide bonds. The number of fused-ring (bicyclic) bond motifs is 3. The fourth-order valence-corrected chi connectivity index (χ4v) is 9.58. The highest BCUT2D eigenvalue weighted by Crippen LogP contribution is 2.51. The summed E-state index contributed by atoms with van der Waals surface area (Å²) in [5, 5.41) is 15.2. The van der Waals surface area contributed by atoms with Crippen LogP contribution in [0.5, 0.6) is 0 Å². The minimum atomic E-state index is -3.37. The fourth-order valence-electron chi connectivity index (χ4n) is 8.31. The van der Waals surface area contributed by atoms with Gasteiger partial charge in [0.25, 0.3) is 0 Å². The van der Waals surface area contributed by atoms with Crippen LogP contribution in [0.3, 0.4) is 0 Å². The van der Waals surface area contributed by atoms with Gasteiger partial charge in [-0.25, -0.2) is 17.2 Å². The van der Waals surface area contributed by atoms with E-state index in [4.69, 9.17) is 0 Å². The molecule has 3 saturated heterocycles. The number of sulfone groups is 1. The van der Waals surface area contributed by atoms with Crippen molar-refractivity contribution in [3.8, 4) is 0 Å². The zero-order chi connectivity index (χ0) is 27.5. The maximum absolute atomic E-state index is 14.3. The number of nitrogens with one attached hydrogen (secondary N) is 2. The Morgan fingerprint density at radius 3 is 2.46 bits per heavy atom. The predicted molar refractivity (Wildman–Crippen MR) is 145 cm³/mol. The van der Waals surface area contributed by atoms with E-state index in [0.29, 0.717) is 19.4 Å². The van der Waals surface area contributed by atoms with Crippen molar-refractivity contribution in [1.29, 1.82) is 0 Å². The van der Waals surface area contributed by atoms with Crippen molar-refractivity contribution in [3.05, 3.63) is 47.3 Å². The number of hydrogen-bond acceptors (Lipinski definition) is 7. The first-order chi connectivity index (χ1) is 18.5. The van der Waals surface area contributed by atoms with E-state index in [1.807, 2.05) is 36.9 Å². The normalized spacial score (nSPS) is 34.4. The van der Waals surface area contributed by atoms with Gasteiger partial charge in [-0.05, 0) is 37.7 Å². The Morgan fingerprint density at radius 1 is 1.10 bits per heavy atom. The molecule has 8 nitrogen and oxygen atoms in total. The lowest BCUT2D eigenvalue weighted by Crippen LogP contribution is -2.59. The van der Waals surface area contributed by atoms with E-state index in [1.165, 1.54) is 6.26 Å². The molecule has 7 unspecified atom stereocenters. The summed E-state index contributed by atoms with van der Waals surface area (Å²) in [6, 6.07) is 10.0. The van der Waals surface area contributed by atoms with Gasteiger partial charge in [0.05, 0.1) is 16.6 Å². The van der Waals surface area contributed by atoms with E-state index in [-0.39, 0.29) is 54.8 Å². The number of aryl methyl sites for hydroxylation is 2. The second kappa shape index (κ2) is 10.2. The van der Waals surface area contributed by atoms with Crippen molar-refractivity contribution >= 4 is 9.84 Å². The maximum Gasteiger partial charge on any atom is 0.248 e. The van der Waals surface area contributed by atoms with Gasteiger partial charge in [-0.15, -0.1) is 5.10 Å². The van der Waals surface area contributed by atoms with Gasteiger partial charge in [-0.3, -0.25) is 9.58 Å². The van der Waals surface area contributed by atoms with Crippen LogP contribution in [0.25, 0.3) is 0 Å². The zero-order valence-corrected chi connectivity index (χ0v) is 23.7. The number of alkyl halides is 2. The summed E-state index contributed by atoms with van der Waals surface area (Å²) in [7, 11) is -1.44. The van der Waals surface area contributed by atoms with Crippen molar-refractivity contribution in [1.82, 2.24) is 30.5 Å². The monoisotopic (exact) mass is 562 g/mol. The second-order valence-corrected chi connectivity index (χ2v) is 14.6. The van der Waals surface area contributed by atoms with E-state index < -0.39 is 21.0 Å². The summed E-state index contributed by atoms with van der Waals surface area (Å²) in [5.74, 6) is -2.32. The maximum atomic E-state index is 14.3. The number of nitrogens with zero attached hydrogens (tertiary/aromatic N) is 4. The number of aromatic nitrogens is 3. The molecule has 7 atom stereocenters. The van der Waals surface area contributed by atoms with Crippen molar-refractivity contribution in [2.24, 2.45) is 18.9 Å². The van der Waals surface area contributed by atoms with Gasteiger partial charge in [-0.2, -0.15) is 0 Å². The van der Waals surface area contributed by atoms with Crippen LogP contribution in [-0.2, 0) is 16.9 Å². The van der Waals surface area contributed by atoms with Crippen LogP contribution in [-0.4, -0.2) is 83.5 Å². The highest BCUT2D eigenvalue weighted by molar-refractivity contribution is 7.91. The standard InChI is InChI=1S/C28H40F2N6O2S/c1-17-25(35(2)34-33-17)20-13-22-24(32-14-20)21-15-31-16-23(39(3,37)38)27(21)36(22)26(18-7-5-4-6-8-18)19-9-11-28(29,30)12-10-19/h4-8,19-24,26-27,31-32H,9-16H2,1-3H3. The summed E-state index contributed by atoms with van der Waals surface area (Å²) in [6.45, 7) is 3.91.